The maximum absolute atomic E-state index is 11.8. The lowest BCUT2D eigenvalue weighted by Gasteiger charge is -2.17. The van der Waals surface area contributed by atoms with E-state index < -0.39 is 0 Å². The van der Waals surface area contributed by atoms with Crippen LogP contribution in [0.2, 0.25) is 0 Å². The van der Waals surface area contributed by atoms with Gasteiger partial charge in [-0.1, -0.05) is 0 Å². The highest BCUT2D eigenvalue weighted by atomic mass is 16.5. The summed E-state index contributed by atoms with van der Waals surface area (Å²) < 4.78 is 15.6. The Hall–Kier alpha value is -1.14. The summed E-state index contributed by atoms with van der Waals surface area (Å²) in [7, 11) is 0. The largest absolute Gasteiger partial charge is 0.465 e. The molecule has 2 rings (SSSR count). The van der Waals surface area contributed by atoms with Gasteiger partial charge in [0.05, 0.1) is 18.1 Å². The molecule has 0 radical (unpaired) electrons. The summed E-state index contributed by atoms with van der Waals surface area (Å²) in [6.45, 7) is 3.18. The molecule has 2 fully saturated rings. The number of rotatable bonds is 7. The normalized spacial score (nSPS) is 28.4. The average Bonchev–Trinajstić information content (AvgIpc) is 2.99. The number of hydrogen-bond acceptors (Lipinski definition) is 6. The quantitative estimate of drug-likeness (QED) is 0.528. The first-order chi connectivity index (χ1) is 9.16. The lowest BCUT2D eigenvalue weighted by Crippen LogP contribution is -2.30. The van der Waals surface area contributed by atoms with E-state index in [1.165, 1.54) is 6.92 Å². The molecule has 3 unspecified atom stereocenters. The van der Waals surface area contributed by atoms with Gasteiger partial charge in [0, 0.05) is 20.0 Å². The summed E-state index contributed by atoms with van der Waals surface area (Å²) in [6, 6.07) is 0. The summed E-state index contributed by atoms with van der Waals surface area (Å²) in [5.74, 6) is -0.502. The molecule has 0 aromatic rings. The molecule has 0 aromatic heterocycles. The van der Waals surface area contributed by atoms with Crippen LogP contribution in [0.4, 0.5) is 0 Å². The van der Waals surface area contributed by atoms with Crippen LogP contribution < -0.4 is 5.32 Å². The predicted molar refractivity (Wildman–Crippen MR) is 66.5 cm³/mol. The predicted octanol–water partition coefficient (Wildman–Crippen LogP) is 0.250. The number of carbonyl (C=O) groups is 2. The highest BCUT2D eigenvalue weighted by Gasteiger charge is 2.45. The van der Waals surface area contributed by atoms with E-state index in [1.54, 1.807) is 0 Å². The minimum atomic E-state index is -0.287. The molecule has 108 valence electrons. The van der Waals surface area contributed by atoms with Crippen LogP contribution in [0.5, 0.6) is 0 Å². The molecule has 2 aliphatic heterocycles. The van der Waals surface area contributed by atoms with Crippen molar-refractivity contribution >= 4 is 11.9 Å². The van der Waals surface area contributed by atoms with E-state index >= 15 is 0 Å². The third kappa shape index (κ3) is 4.18. The van der Waals surface area contributed by atoms with E-state index in [4.69, 9.17) is 14.2 Å². The Labute approximate surface area is 112 Å². The van der Waals surface area contributed by atoms with Crippen LogP contribution in [0, 0.1) is 5.92 Å². The lowest BCUT2D eigenvalue weighted by molar-refractivity contribution is -0.150. The van der Waals surface area contributed by atoms with Crippen molar-refractivity contribution in [3.63, 3.8) is 0 Å². The van der Waals surface area contributed by atoms with E-state index in [0.29, 0.717) is 26.3 Å². The minimum Gasteiger partial charge on any atom is -0.465 e. The first-order valence-electron chi connectivity index (χ1n) is 6.83. The van der Waals surface area contributed by atoms with E-state index in [0.717, 1.165) is 19.3 Å². The van der Waals surface area contributed by atoms with Crippen LogP contribution in [0.1, 0.15) is 26.2 Å². The highest BCUT2D eigenvalue weighted by Crippen LogP contribution is 2.39. The van der Waals surface area contributed by atoms with Gasteiger partial charge in [-0.2, -0.15) is 0 Å². The number of esters is 2. The molecule has 0 amide bonds. The molecule has 0 aromatic carbocycles. The fraction of sp³-hybridized carbons (Fsp3) is 0.846. The minimum absolute atomic E-state index is 0.0696. The van der Waals surface area contributed by atoms with Crippen LogP contribution in [-0.2, 0) is 23.8 Å². The van der Waals surface area contributed by atoms with Gasteiger partial charge in [0.25, 0.3) is 0 Å². The molecule has 6 nitrogen and oxygen atoms in total. The highest BCUT2D eigenvalue weighted by molar-refractivity contribution is 5.73. The van der Waals surface area contributed by atoms with Gasteiger partial charge >= 0.3 is 11.9 Å². The molecule has 3 atom stereocenters. The van der Waals surface area contributed by atoms with Crippen molar-refractivity contribution in [1.29, 1.82) is 0 Å². The fourth-order valence-corrected chi connectivity index (χ4v) is 2.61. The smallest absolute Gasteiger partial charge is 0.311 e. The third-order valence-electron chi connectivity index (χ3n) is 3.52. The number of fused-ring (bicyclic) bond motifs is 2. The van der Waals surface area contributed by atoms with Crippen LogP contribution in [0.3, 0.4) is 0 Å². The van der Waals surface area contributed by atoms with Gasteiger partial charge in [0.2, 0.25) is 0 Å². The summed E-state index contributed by atoms with van der Waals surface area (Å²) in [5.41, 5.74) is 0. The molecule has 19 heavy (non-hydrogen) atoms. The van der Waals surface area contributed by atoms with Crippen LogP contribution in [0.15, 0.2) is 0 Å². The summed E-state index contributed by atoms with van der Waals surface area (Å²) in [6.07, 6.45) is 3.21. The van der Waals surface area contributed by atoms with Crippen molar-refractivity contribution in [1.82, 2.24) is 5.32 Å². The van der Waals surface area contributed by atoms with Crippen molar-refractivity contribution in [3.05, 3.63) is 0 Å². The molecule has 0 aliphatic carbocycles. The average molecular weight is 271 g/mol. The second-order valence-corrected chi connectivity index (χ2v) is 4.97. The van der Waals surface area contributed by atoms with Gasteiger partial charge in [0.1, 0.15) is 13.2 Å². The Morgan fingerprint density at radius 2 is 1.95 bits per heavy atom. The Kier molecular flexibility index (Phi) is 5.15. The van der Waals surface area contributed by atoms with Crippen molar-refractivity contribution in [2.24, 2.45) is 5.92 Å². The summed E-state index contributed by atoms with van der Waals surface area (Å²) in [4.78, 5) is 22.3. The third-order valence-corrected chi connectivity index (χ3v) is 3.52. The standard InChI is InChI=1S/C13H21NO5/c1-9(15)17-6-4-14-5-7-18-13(16)11-8-10-2-3-12(11)19-10/h10-12,14H,2-8H2,1H3. The maximum Gasteiger partial charge on any atom is 0.311 e. The first kappa shape index (κ1) is 14.3. The van der Waals surface area contributed by atoms with Gasteiger partial charge in [-0.05, 0) is 19.3 Å². The molecule has 2 saturated heterocycles. The number of hydrogen-bond donors (Lipinski definition) is 1. The maximum atomic E-state index is 11.8. The van der Waals surface area contributed by atoms with Crippen molar-refractivity contribution in [2.45, 2.75) is 38.4 Å². The molecular weight excluding hydrogens is 250 g/mol. The SMILES string of the molecule is CC(=O)OCCNCCOC(=O)C1CC2CCC1O2. The van der Waals surface area contributed by atoms with Crippen molar-refractivity contribution in [2.75, 3.05) is 26.3 Å². The van der Waals surface area contributed by atoms with E-state index in [-0.39, 0.29) is 30.1 Å². The van der Waals surface area contributed by atoms with Crippen LogP contribution in [0.25, 0.3) is 0 Å². The molecular formula is C13H21NO5. The first-order valence-corrected chi connectivity index (χ1v) is 6.83. The van der Waals surface area contributed by atoms with E-state index in [2.05, 4.69) is 5.32 Å². The molecule has 1 N–H and O–H groups in total. The van der Waals surface area contributed by atoms with Gasteiger partial charge < -0.3 is 19.5 Å². The Morgan fingerprint density at radius 3 is 2.53 bits per heavy atom. The zero-order valence-electron chi connectivity index (χ0n) is 11.2. The van der Waals surface area contributed by atoms with E-state index in [9.17, 15) is 9.59 Å². The Balaban J connectivity index is 1.49. The molecule has 6 heteroatoms. The zero-order valence-corrected chi connectivity index (χ0v) is 11.2. The van der Waals surface area contributed by atoms with Gasteiger partial charge in [-0.3, -0.25) is 9.59 Å². The molecule has 2 bridgehead atoms. The van der Waals surface area contributed by atoms with Crippen LogP contribution >= 0.6 is 0 Å². The number of nitrogens with one attached hydrogen (secondary N) is 1. The van der Waals surface area contributed by atoms with Crippen LogP contribution in [-0.4, -0.2) is 50.4 Å². The topological polar surface area (TPSA) is 73.9 Å². The zero-order chi connectivity index (χ0) is 13.7. The molecule has 2 heterocycles. The second kappa shape index (κ2) is 6.86. The second-order valence-electron chi connectivity index (χ2n) is 4.97. The van der Waals surface area contributed by atoms with Crippen molar-refractivity contribution < 1.29 is 23.8 Å². The number of ether oxygens (including phenoxy) is 3. The lowest BCUT2D eigenvalue weighted by atomic mass is 9.89. The van der Waals surface area contributed by atoms with Gasteiger partial charge in [-0.15, -0.1) is 0 Å². The Bertz CT molecular complexity index is 333. The molecule has 2 aliphatic rings. The monoisotopic (exact) mass is 271 g/mol. The summed E-state index contributed by atoms with van der Waals surface area (Å²) >= 11 is 0. The van der Waals surface area contributed by atoms with Crippen molar-refractivity contribution in [3.8, 4) is 0 Å². The molecule has 0 saturated carbocycles. The molecule has 0 spiro atoms. The number of carbonyl (C=O) groups excluding carboxylic acids is 2. The summed E-state index contributed by atoms with van der Waals surface area (Å²) in [5, 5.41) is 3.03. The fourth-order valence-electron chi connectivity index (χ4n) is 2.61. The van der Waals surface area contributed by atoms with Gasteiger partial charge in [-0.25, -0.2) is 0 Å². The van der Waals surface area contributed by atoms with E-state index in [1.807, 2.05) is 0 Å². The Morgan fingerprint density at radius 1 is 1.21 bits per heavy atom. The van der Waals surface area contributed by atoms with Gasteiger partial charge in [0.15, 0.2) is 0 Å².